The van der Waals surface area contributed by atoms with Crippen LogP contribution in [0.15, 0.2) is 10.6 Å². The van der Waals surface area contributed by atoms with Gasteiger partial charge in [-0.05, 0) is 45.1 Å². The van der Waals surface area contributed by atoms with E-state index in [1.807, 2.05) is 13.0 Å². The normalized spacial score (nSPS) is 17.4. The molecule has 114 valence electrons. The molecule has 0 bridgehead atoms. The van der Waals surface area contributed by atoms with Crippen molar-refractivity contribution in [3.05, 3.63) is 16.8 Å². The zero-order chi connectivity index (χ0) is 14.9. The second-order valence-electron chi connectivity index (χ2n) is 5.40. The molecule has 1 aliphatic carbocycles. The van der Waals surface area contributed by atoms with Crippen LogP contribution in [0.5, 0.6) is 0 Å². The summed E-state index contributed by atoms with van der Waals surface area (Å²) in [4.78, 5) is 5.81. The molecule has 2 aromatic heterocycles. The van der Waals surface area contributed by atoms with Gasteiger partial charge < -0.3 is 15.0 Å². The summed E-state index contributed by atoms with van der Waals surface area (Å²) < 4.78 is 11.4. The van der Waals surface area contributed by atoms with Gasteiger partial charge >= 0.3 is 0 Å². The first-order valence-electron chi connectivity index (χ1n) is 7.55. The Bertz CT molecular complexity index is 614. The Labute approximate surface area is 128 Å². The third kappa shape index (κ3) is 2.58. The Morgan fingerprint density at radius 1 is 1.38 bits per heavy atom. The summed E-state index contributed by atoms with van der Waals surface area (Å²) in [7, 11) is 0. The van der Waals surface area contributed by atoms with Crippen LogP contribution in [-0.4, -0.2) is 16.7 Å². The Kier molecular flexibility index (Phi) is 3.99. The average Bonchev–Trinajstić information content (AvgIpc) is 3.17. The van der Waals surface area contributed by atoms with Crippen LogP contribution in [0.2, 0.25) is 0 Å². The molecule has 0 unspecified atom stereocenters. The minimum atomic E-state index is -0.366. The second-order valence-corrected chi connectivity index (χ2v) is 6.57. The largest absolute Gasteiger partial charge is 0.390 e. The predicted molar refractivity (Wildman–Crippen MR) is 83.2 cm³/mol. The first-order valence-corrected chi connectivity index (χ1v) is 8.37. The number of nitrogens with two attached hydrogens (primary N) is 1. The first kappa shape index (κ1) is 14.5. The topological polar surface area (TPSA) is 74.2 Å². The molecule has 0 aromatic carbocycles. The SMILES string of the molecule is CCOC1(c2noc(-c3cc(CC)sc3N)n2)CCCC1. The summed E-state index contributed by atoms with van der Waals surface area (Å²) >= 11 is 1.58. The first-order chi connectivity index (χ1) is 10.2. The highest BCUT2D eigenvalue weighted by atomic mass is 32.1. The fourth-order valence-electron chi connectivity index (χ4n) is 2.97. The van der Waals surface area contributed by atoms with Crippen molar-refractivity contribution in [1.29, 1.82) is 0 Å². The molecule has 0 aliphatic heterocycles. The van der Waals surface area contributed by atoms with Gasteiger partial charge in [0.2, 0.25) is 5.82 Å². The van der Waals surface area contributed by atoms with Crippen LogP contribution in [-0.2, 0) is 16.8 Å². The zero-order valence-corrected chi connectivity index (χ0v) is 13.3. The minimum Gasteiger partial charge on any atom is -0.390 e. The molecule has 0 radical (unpaired) electrons. The molecule has 5 nitrogen and oxygen atoms in total. The number of aryl methyl sites for hydroxylation is 1. The summed E-state index contributed by atoms with van der Waals surface area (Å²) in [5.74, 6) is 1.17. The van der Waals surface area contributed by atoms with Gasteiger partial charge in [0.25, 0.3) is 5.89 Å². The molecule has 2 aromatic rings. The van der Waals surface area contributed by atoms with E-state index in [0.29, 0.717) is 18.3 Å². The Hall–Kier alpha value is -1.40. The molecule has 0 spiro atoms. The maximum atomic E-state index is 6.06. The number of rotatable bonds is 5. The van der Waals surface area contributed by atoms with Gasteiger partial charge in [-0.3, -0.25) is 0 Å². The Morgan fingerprint density at radius 2 is 2.14 bits per heavy atom. The Balaban J connectivity index is 1.93. The second kappa shape index (κ2) is 5.77. The van der Waals surface area contributed by atoms with Gasteiger partial charge in [0.15, 0.2) is 0 Å². The van der Waals surface area contributed by atoms with Crippen molar-refractivity contribution >= 4 is 16.3 Å². The van der Waals surface area contributed by atoms with Crippen LogP contribution in [0, 0.1) is 0 Å². The van der Waals surface area contributed by atoms with Crippen molar-refractivity contribution in [2.45, 2.75) is 51.6 Å². The van der Waals surface area contributed by atoms with Crippen molar-refractivity contribution < 1.29 is 9.26 Å². The number of nitrogen functional groups attached to an aromatic ring is 1. The van der Waals surface area contributed by atoms with E-state index in [1.165, 1.54) is 4.88 Å². The fraction of sp³-hybridized carbons (Fsp3) is 0.600. The van der Waals surface area contributed by atoms with E-state index in [4.69, 9.17) is 15.0 Å². The number of anilines is 1. The van der Waals surface area contributed by atoms with Gasteiger partial charge in [0, 0.05) is 11.5 Å². The quantitative estimate of drug-likeness (QED) is 0.910. The van der Waals surface area contributed by atoms with E-state index in [0.717, 1.165) is 42.7 Å². The summed E-state index contributed by atoms with van der Waals surface area (Å²) in [6.45, 7) is 4.77. The van der Waals surface area contributed by atoms with E-state index in [1.54, 1.807) is 11.3 Å². The zero-order valence-electron chi connectivity index (χ0n) is 12.5. The van der Waals surface area contributed by atoms with E-state index in [-0.39, 0.29) is 5.60 Å². The van der Waals surface area contributed by atoms with E-state index in [2.05, 4.69) is 17.1 Å². The molecule has 2 N–H and O–H groups in total. The van der Waals surface area contributed by atoms with Gasteiger partial charge in [-0.25, -0.2) is 0 Å². The monoisotopic (exact) mass is 307 g/mol. The molecule has 3 rings (SSSR count). The summed E-state index contributed by atoms with van der Waals surface area (Å²) in [6.07, 6.45) is 5.16. The van der Waals surface area contributed by atoms with Crippen LogP contribution >= 0.6 is 11.3 Å². The summed E-state index contributed by atoms with van der Waals surface area (Å²) in [6, 6.07) is 2.04. The molecule has 2 heterocycles. The number of aromatic nitrogens is 2. The van der Waals surface area contributed by atoms with E-state index in [9.17, 15) is 0 Å². The molecule has 0 atom stereocenters. The van der Waals surface area contributed by atoms with Gasteiger partial charge in [-0.2, -0.15) is 4.98 Å². The molecular formula is C15H21N3O2S. The standard InChI is InChI=1S/C15H21N3O2S/c1-3-10-9-11(12(16)21-10)13-17-14(18-20-13)15(19-4-2)7-5-6-8-15/h9H,3-8,16H2,1-2H3. The number of hydrogen-bond donors (Lipinski definition) is 1. The third-order valence-electron chi connectivity index (χ3n) is 4.06. The number of nitrogens with zero attached hydrogens (tertiary/aromatic N) is 2. The smallest absolute Gasteiger partial charge is 0.261 e. The van der Waals surface area contributed by atoms with Gasteiger partial charge in [-0.1, -0.05) is 12.1 Å². The molecule has 6 heteroatoms. The molecule has 0 saturated heterocycles. The van der Waals surface area contributed by atoms with Crippen LogP contribution in [0.25, 0.3) is 11.5 Å². The fourth-order valence-corrected chi connectivity index (χ4v) is 3.83. The lowest BCUT2D eigenvalue weighted by molar-refractivity contribution is -0.0469. The molecule has 1 fully saturated rings. The highest BCUT2D eigenvalue weighted by Gasteiger charge is 2.41. The predicted octanol–water partition coefficient (Wildman–Crippen LogP) is 3.75. The number of thiophene rings is 1. The van der Waals surface area contributed by atoms with Crippen LogP contribution < -0.4 is 5.73 Å². The highest BCUT2D eigenvalue weighted by molar-refractivity contribution is 7.16. The number of hydrogen-bond acceptors (Lipinski definition) is 6. The van der Waals surface area contributed by atoms with Crippen molar-refractivity contribution in [3.8, 4) is 11.5 Å². The van der Waals surface area contributed by atoms with Gasteiger partial charge in [0.05, 0.1) is 10.6 Å². The molecular weight excluding hydrogens is 286 g/mol. The maximum Gasteiger partial charge on any atom is 0.261 e. The maximum absolute atomic E-state index is 6.06. The van der Waals surface area contributed by atoms with E-state index >= 15 is 0 Å². The summed E-state index contributed by atoms with van der Waals surface area (Å²) in [5.41, 5.74) is 6.54. The third-order valence-corrected chi connectivity index (χ3v) is 5.16. The van der Waals surface area contributed by atoms with Crippen LogP contribution in [0.4, 0.5) is 5.00 Å². The van der Waals surface area contributed by atoms with Crippen molar-refractivity contribution in [2.24, 2.45) is 0 Å². The van der Waals surface area contributed by atoms with E-state index < -0.39 is 0 Å². The molecule has 0 amide bonds. The van der Waals surface area contributed by atoms with Gasteiger partial charge in [-0.15, -0.1) is 11.3 Å². The molecule has 1 aliphatic rings. The lowest BCUT2D eigenvalue weighted by atomic mass is 10.0. The van der Waals surface area contributed by atoms with Crippen molar-refractivity contribution in [2.75, 3.05) is 12.3 Å². The van der Waals surface area contributed by atoms with Crippen LogP contribution in [0.1, 0.15) is 50.2 Å². The lowest BCUT2D eigenvalue weighted by Gasteiger charge is -2.24. The minimum absolute atomic E-state index is 0.366. The lowest BCUT2D eigenvalue weighted by Crippen LogP contribution is -2.27. The summed E-state index contributed by atoms with van der Waals surface area (Å²) in [5, 5.41) is 4.91. The molecule has 21 heavy (non-hydrogen) atoms. The molecule has 1 saturated carbocycles. The van der Waals surface area contributed by atoms with Gasteiger partial charge in [0.1, 0.15) is 5.60 Å². The Morgan fingerprint density at radius 3 is 2.76 bits per heavy atom. The number of ether oxygens (including phenoxy) is 1. The highest BCUT2D eigenvalue weighted by Crippen LogP contribution is 2.42. The average molecular weight is 307 g/mol. The van der Waals surface area contributed by atoms with Crippen molar-refractivity contribution in [1.82, 2.24) is 10.1 Å². The van der Waals surface area contributed by atoms with Crippen molar-refractivity contribution in [3.63, 3.8) is 0 Å². The van der Waals surface area contributed by atoms with Crippen LogP contribution in [0.3, 0.4) is 0 Å².